The van der Waals surface area contributed by atoms with Crippen molar-refractivity contribution in [3.05, 3.63) is 42.1 Å². The summed E-state index contributed by atoms with van der Waals surface area (Å²) in [5, 5.41) is 12.7. The van der Waals surface area contributed by atoms with Gasteiger partial charge in [0.15, 0.2) is 17.6 Å². The molecular weight excluding hydrogens is 411 g/mol. The van der Waals surface area contributed by atoms with E-state index < -0.39 is 29.3 Å². The normalized spacial score (nSPS) is 20.8. The van der Waals surface area contributed by atoms with E-state index in [2.05, 4.69) is 25.3 Å². The number of hydrogen-bond donors (Lipinski definition) is 2. The highest BCUT2D eigenvalue weighted by atomic mass is 19.4. The van der Waals surface area contributed by atoms with E-state index in [-0.39, 0.29) is 41.8 Å². The molecular formula is C18H15F5N6O. The molecule has 3 aromatic heterocycles. The molecule has 0 bridgehead atoms. The van der Waals surface area contributed by atoms with E-state index in [1.54, 1.807) is 0 Å². The van der Waals surface area contributed by atoms with Gasteiger partial charge in [-0.15, -0.1) is 0 Å². The molecule has 0 amide bonds. The van der Waals surface area contributed by atoms with Crippen LogP contribution >= 0.6 is 0 Å². The fourth-order valence-corrected chi connectivity index (χ4v) is 2.99. The van der Waals surface area contributed by atoms with Gasteiger partial charge in [0.05, 0.1) is 23.8 Å². The molecule has 4 rings (SSSR count). The van der Waals surface area contributed by atoms with Gasteiger partial charge in [-0.2, -0.15) is 13.2 Å². The van der Waals surface area contributed by atoms with Crippen molar-refractivity contribution in [1.82, 2.24) is 24.7 Å². The molecule has 1 fully saturated rings. The Balaban J connectivity index is 1.82. The van der Waals surface area contributed by atoms with E-state index in [0.717, 1.165) is 18.5 Å². The van der Waals surface area contributed by atoms with E-state index in [0.29, 0.717) is 6.92 Å². The Morgan fingerprint density at radius 1 is 1.23 bits per heavy atom. The van der Waals surface area contributed by atoms with E-state index in [9.17, 15) is 27.1 Å². The summed E-state index contributed by atoms with van der Waals surface area (Å²) in [5.41, 5.74) is -3.48. The standard InChI is InChI=1S/C18H15F5N6O/c1-17(30,18(21,22)23)9-2-3-14-25-7-13(29(14)8-9)15-11(20)5-26-16(28-15)27-12-6-24-4-10(12)19/h2-3,5,7-8,10,24,30H,4,6H2,1H3/b27-12-/t10-,17?/m0/s1. The average Bonchev–Trinajstić information content (AvgIpc) is 3.28. The number of alkyl halides is 4. The van der Waals surface area contributed by atoms with Gasteiger partial charge in [-0.05, 0) is 13.0 Å². The maximum absolute atomic E-state index is 14.4. The Bertz CT molecular complexity index is 1140. The number of aromatic nitrogens is 4. The molecule has 1 aliphatic rings. The van der Waals surface area contributed by atoms with Crippen molar-refractivity contribution in [1.29, 1.82) is 0 Å². The summed E-state index contributed by atoms with van der Waals surface area (Å²) in [6.07, 6.45) is -3.17. The Morgan fingerprint density at radius 3 is 2.67 bits per heavy atom. The van der Waals surface area contributed by atoms with Crippen LogP contribution in [-0.2, 0) is 5.60 Å². The molecule has 0 aromatic carbocycles. The second-order valence-corrected chi connectivity index (χ2v) is 6.93. The Hall–Kier alpha value is -2.99. The minimum Gasteiger partial charge on any atom is -0.376 e. The summed E-state index contributed by atoms with van der Waals surface area (Å²) >= 11 is 0. The summed E-state index contributed by atoms with van der Waals surface area (Å²) < 4.78 is 69.0. The van der Waals surface area contributed by atoms with Gasteiger partial charge < -0.3 is 10.4 Å². The molecule has 7 nitrogen and oxygen atoms in total. The summed E-state index contributed by atoms with van der Waals surface area (Å²) in [4.78, 5) is 15.7. The maximum atomic E-state index is 14.4. The van der Waals surface area contributed by atoms with Crippen LogP contribution in [0.2, 0.25) is 0 Å². The third-order valence-electron chi connectivity index (χ3n) is 4.83. The summed E-state index contributed by atoms with van der Waals surface area (Å²) in [5.74, 6) is -1.06. The predicted molar refractivity (Wildman–Crippen MR) is 96.7 cm³/mol. The molecule has 12 heteroatoms. The molecule has 2 N–H and O–H groups in total. The van der Waals surface area contributed by atoms with Crippen LogP contribution in [0.15, 0.2) is 35.7 Å². The largest absolute Gasteiger partial charge is 0.421 e. The first-order valence-electron chi connectivity index (χ1n) is 8.80. The van der Waals surface area contributed by atoms with Gasteiger partial charge in [-0.1, -0.05) is 6.07 Å². The Kier molecular flexibility index (Phi) is 4.77. The molecule has 0 aliphatic carbocycles. The van der Waals surface area contributed by atoms with Crippen LogP contribution in [0.1, 0.15) is 12.5 Å². The molecule has 30 heavy (non-hydrogen) atoms. The van der Waals surface area contributed by atoms with Gasteiger partial charge in [-0.25, -0.2) is 28.7 Å². The quantitative estimate of drug-likeness (QED) is 0.629. The number of hydrogen-bond acceptors (Lipinski definition) is 6. The third-order valence-corrected chi connectivity index (χ3v) is 4.83. The first kappa shape index (κ1) is 20.3. The first-order chi connectivity index (χ1) is 14.1. The second-order valence-electron chi connectivity index (χ2n) is 6.93. The number of aliphatic imine (C=N–C) groups is 1. The number of halogens is 5. The minimum absolute atomic E-state index is 0.0209. The molecule has 2 atom stereocenters. The second kappa shape index (κ2) is 7.06. The molecule has 1 aliphatic heterocycles. The molecule has 0 radical (unpaired) electrons. The topological polar surface area (TPSA) is 87.7 Å². The smallest absolute Gasteiger partial charge is 0.376 e. The zero-order valence-corrected chi connectivity index (χ0v) is 15.5. The summed E-state index contributed by atoms with van der Waals surface area (Å²) in [7, 11) is 0. The van der Waals surface area contributed by atoms with Crippen molar-refractivity contribution in [2.45, 2.75) is 24.9 Å². The summed E-state index contributed by atoms with van der Waals surface area (Å²) in [6, 6.07) is 2.35. The molecule has 4 heterocycles. The average molecular weight is 426 g/mol. The highest BCUT2D eigenvalue weighted by molar-refractivity contribution is 5.94. The van der Waals surface area contributed by atoms with Crippen molar-refractivity contribution in [2.24, 2.45) is 4.99 Å². The van der Waals surface area contributed by atoms with Crippen molar-refractivity contribution in [3.8, 4) is 11.4 Å². The molecule has 1 saturated heterocycles. The zero-order valence-electron chi connectivity index (χ0n) is 15.5. The molecule has 0 saturated carbocycles. The first-order valence-corrected chi connectivity index (χ1v) is 8.80. The fraction of sp³-hybridized carbons (Fsp3) is 0.333. The molecule has 0 spiro atoms. The van der Waals surface area contributed by atoms with Crippen LogP contribution in [0.25, 0.3) is 17.0 Å². The van der Waals surface area contributed by atoms with E-state index in [1.165, 1.54) is 16.7 Å². The van der Waals surface area contributed by atoms with Crippen LogP contribution in [0, 0.1) is 5.82 Å². The maximum Gasteiger partial charge on any atom is 0.421 e. The van der Waals surface area contributed by atoms with Crippen LogP contribution in [0.5, 0.6) is 0 Å². The van der Waals surface area contributed by atoms with Crippen LogP contribution in [-0.4, -0.2) is 55.6 Å². The van der Waals surface area contributed by atoms with Crippen LogP contribution in [0.4, 0.5) is 27.9 Å². The van der Waals surface area contributed by atoms with Gasteiger partial charge in [0.2, 0.25) is 5.95 Å². The van der Waals surface area contributed by atoms with Crippen molar-refractivity contribution in [3.63, 3.8) is 0 Å². The SMILES string of the molecule is CC(O)(c1ccc2ncc(-c3nc(/N=C4/CNC[C@@H]4F)ncc3F)n2c1)C(F)(F)F. The highest BCUT2D eigenvalue weighted by Crippen LogP contribution is 2.38. The number of nitrogens with zero attached hydrogens (tertiary/aromatic N) is 5. The number of pyridine rings is 1. The lowest BCUT2D eigenvalue weighted by Crippen LogP contribution is -2.39. The minimum atomic E-state index is -4.93. The third kappa shape index (κ3) is 3.41. The van der Waals surface area contributed by atoms with Gasteiger partial charge in [0, 0.05) is 24.8 Å². The van der Waals surface area contributed by atoms with Crippen molar-refractivity contribution >= 4 is 17.3 Å². The van der Waals surface area contributed by atoms with Gasteiger partial charge >= 0.3 is 6.18 Å². The van der Waals surface area contributed by atoms with Crippen molar-refractivity contribution < 1.29 is 27.1 Å². The number of imidazole rings is 1. The lowest BCUT2D eigenvalue weighted by molar-refractivity contribution is -0.259. The lowest BCUT2D eigenvalue weighted by Gasteiger charge is -2.26. The fourth-order valence-electron chi connectivity index (χ4n) is 2.99. The Labute approximate surface area is 166 Å². The van der Waals surface area contributed by atoms with Crippen LogP contribution < -0.4 is 5.32 Å². The summed E-state index contributed by atoms with van der Waals surface area (Å²) in [6.45, 7) is 0.915. The van der Waals surface area contributed by atoms with Crippen molar-refractivity contribution in [2.75, 3.05) is 13.1 Å². The molecule has 3 aromatic rings. The highest BCUT2D eigenvalue weighted by Gasteiger charge is 2.51. The number of rotatable bonds is 3. The van der Waals surface area contributed by atoms with Crippen LogP contribution in [0.3, 0.4) is 0 Å². The van der Waals surface area contributed by atoms with E-state index in [1.807, 2.05) is 0 Å². The lowest BCUT2D eigenvalue weighted by atomic mass is 9.97. The number of nitrogens with one attached hydrogen (secondary N) is 1. The predicted octanol–water partition coefficient (Wildman–Crippen LogP) is 2.71. The van der Waals surface area contributed by atoms with E-state index in [4.69, 9.17) is 0 Å². The van der Waals surface area contributed by atoms with Gasteiger partial charge in [0.25, 0.3) is 0 Å². The molecule has 158 valence electrons. The number of aliphatic hydroxyl groups is 1. The zero-order chi connectivity index (χ0) is 21.7. The molecule has 1 unspecified atom stereocenters. The van der Waals surface area contributed by atoms with E-state index >= 15 is 0 Å². The van der Waals surface area contributed by atoms with Gasteiger partial charge in [-0.3, -0.25) is 4.40 Å². The number of fused-ring (bicyclic) bond motifs is 1. The Morgan fingerprint density at radius 2 is 2.00 bits per heavy atom. The monoisotopic (exact) mass is 426 g/mol. The van der Waals surface area contributed by atoms with Gasteiger partial charge in [0.1, 0.15) is 11.3 Å².